The number of rotatable bonds is 6. The van der Waals surface area contributed by atoms with Crippen molar-refractivity contribution in [1.82, 2.24) is 5.32 Å². The van der Waals surface area contributed by atoms with Crippen molar-refractivity contribution in [3.63, 3.8) is 0 Å². The van der Waals surface area contributed by atoms with E-state index in [1.165, 1.54) is 0 Å². The van der Waals surface area contributed by atoms with E-state index in [4.69, 9.17) is 0 Å². The summed E-state index contributed by atoms with van der Waals surface area (Å²) < 4.78 is 0. The van der Waals surface area contributed by atoms with E-state index in [0.29, 0.717) is 0 Å². The minimum absolute atomic E-state index is 0.0688. The van der Waals surface area contributed by atoms with Gasteiger partial charge < -0.3 is 20.6 Å². The molecule has 0 aromatic heterocycles. The number of urea groups is 1. The first kappa shape index (κ1) is 17.3. The van der Waals surface area contributed by atoms with Crippen LogP contribution in [0.5, 0.6) is 0 Å². The number of hydrogen-bond donors (Lipinski definition) is 3. The Morgan fingerprint density at radius 1 is 1.43 bits per heavy atom. The van der Waals surface area contributed by atoms with Crippen LogP contribution in [0.1, 0.15) is 27.7 Å². The van der Waals surface area contributed by atoms with Gasteiger partial charge >= 0.3 is 6.03 Å². The number of hydrogen-bond acceptors (Lipinski definition) is 3. The van der Waals surface area contributed by atoms with Gasteiger partial charge in [-0.05, 0) is 38.0 Å². The van der Waals surface area contributed by atoms with Gasteiger partial charge in [0.05, 0.1) is 5.60 Å². The van der Waals surface area contributed by atoms with Crippen LogP contribution in [0.3, 0.4) is 0 Å². The van der Waals surface area contributed by atoms with Crippen LogP contribution in [0, 0.1) is 5.92 Å². The molecule has 0 heterocycles. The summed E-state index contributed by atoms with van der Waals surface area (Å²) in [6, 6.07) is 7.35. The van der Waals surface area contributed by atoms with E-state index in [1.807, 2.05) is 45.2 Å². The van der Waals surface area contributed by atoms with Gasteiger partial charge in [0, 0.05) is 31.5 Å². The van der Waals surface area contributed by atoms with Crippen LogP contribution in [0.25, 0.3) is 0 Å². The fourth-order valence-corrected chi connectivity index (χ4v) is 1.64. The van der Waals surface area contributed by atoms with E-state index in [0.717, 1.165) is 17.9 Å². The Morgan fingerprint density at radius 2 is 2.10 bits per heavy atom. The van der Waals surface area contributed by atoms with Crippen molar-refractivity contribution < 1.29 is 9.90 Å². The number of benzene rings is 1. The molecule has 1 unspecified atom stereocenters. The van der Waals surface area contributed by atoms with Crippen molar-refractivity contribution in [1.29, 1.82) is 0 Å². The summed E-state index contributed by atoms with van der Waals surface area (Å²) in [7, 11) is 2.00. The molecule has 0 fully saturated rings. The Bertz CT molecular complexity index is 472. The predicted octanol–water partition coefficient (Wildman–Crippen LogP) is 2.67. The summed E-state index contributed by atoms with van der Waals surface area (Å²) in [6.07, 6.45) is 0. The number of amides is 2. The molecule has 1 atom stereocenters. The molecule has 0 aliphatic carbocycles. The molecular formula is C16H27N3O2. The van der Waals surface area contributed by atoms with Crippen molar-refractivity contribution >= 4 is 17.4 Å². The zero-order valence-electron chi connectivity index (χ0n) is 13.6. The number of carbonyl (C=O) groups excluding carboxylic acids is 1. The van der Waals surface area contributed by atoms with Gasteiger partial charge in [0.2, 0.25) is 0 Å². The van der Waals surface area contributed by atoms with E-state index in [1.54, 1.807) is 6.92 Å². The molecule has 1 aromatic rings. The Hall–Kier alpha value is -1.75. The van der Waals surface area contributed by atoms with E-state index >= 15 is 0 Å². The summed E-state index contributed by atoms with van der Waals surface area (Å²) in [4.78, 5) is 14.0. The Labute approximate surface area is 127 Å². The molecular weight excluding hydrogens is 266 g/mol. The zero-order valence-corrected chi connectivity index (χ0v) is 13.6. The van der Waals surface area contributed by atoms with E-state index in [9.17, 15) is 9.90 Å². The van der Waals surface area contributed by atoms with Gasteiger partial charge in [0.25, 0.3) is 0 Å². The van der Waals surface area contributed by atoms with Gasteiger partial charge in [-0.2, -0.15) is 0 Å². The first-order chi connectivity index (χ1) is 9.76. The highest BCUT2D eigenvalue weighted by atomic mass is 16.3. The number of nitrogens with zero attached hydrogens (tertiary/aromatic N) is 1. The first-order valence-corrected chi connectivity index (χ1v) is 7.34. The molecule has 2 amide bonds. The minimum Gasteiger partial charge on any atom is -0.388 e. The highest BCUT2D eigenvalue weighted by Crippen LogP contribution is 2.18. The molecule has 5 heteroatoms. The van der Waals surface area contributed by atoms with E-state index in [-0.39, 0.29) is 18.5 Å². The summed E-state index contributed by atoms with van der Waals surface area (Å²) in [5.41, 5.74) is 0.862. The minimum atomic E-state index is -0.915. The molecule has 0 aliphatic heterocycles. The van der Waals surface area contributed by atoms with Crippen LogP contribution in [0.4, 0.5) is 16.2 Å². The number of aliphatic hydroxyl groups is 1. The smallest absolute Gasteiger partial charge is 0.319 e. The average molecular weight is 293 g/mol. The SMILES string of the molecule is CCN(C)c1cccc(NC(=O)NCC(C)(O)C(C)C)c1. The van der Waals surface area contributed by atoms with Gasteiger partial charge in [0.1, 0.15) is 0 Å². The highest BCUT2D eigenvalue weighted by molar-refractivity contribution is 5.89. The van der Waals surface area contributed by atoms with E-state index < -0.39 is 5.60 Å². The third-order valence-corrected chi connectivity index (χ3v) is 3.87. The number of anilines is 2. The lowest BCUT2D eigenvalue weighted by molar-refractivity contribution is 0.0170. The average Bonchev–Trinajstić information content (AvgIpc) is 2.44. The Morgan fingerprint density at radius 3 is 2.67 bits per heavy atom. The quantitative estimate of drug-likeness (QED) is 0.755. The molecule has 0 bridgehead atoms. The fourth-order valence-electron chi connectivity index (χ4n) is 1.64. The third-order valence-electron chi connectivity index (χ3n) is 3.87. The van der Waals surface area contributed by atoms with Gasteiger partial charge in [-0.15, -0.1) is 0 Å². The van der Waals surface area contributed by atoms with Gasteiger partial charge in [-0.3, -0.25) is 0 Å². The maximum absolute atomic E-state index is 11.9. The molecule has 0 radical (unpaired) electrons. The lowest BCUT2D eigenvalue weighted by Gasteiger charge is -2.27. The van der Waals surface area contributed by atoms with Crippen LogP contribution in [0.15, 0.2) is 24.3 Å². The fraction of sp³-hybridized carbons (Fsp3) is 0.562. The van der Waals surface area contributed by atoms with Crippen LogP contribution in [0.2, 0.25) is 0 Å². The molecule has 0 saturated heterocycles. The normalized spacial score (nSPS) is 13.7. The molecule has 21 heavy (non-hydrogen) atoms. The molecule has 0 aliphatic rings. The van der Waals surface area contributed by atoms with Crippen molar-refractivity contribution in [3.8, 4) is 0 Å². The second kappa shape index (κ2) is 7.31. The highest BCUT2D eigenvalue weighted by Gasteiger charge is 2.25. The Kier molecular flexibility index (Phi) is 6.03. The second-order valence-electron chi connectivity index (χ2n) is 5.88. The summed E-state index contributed by atoms with van der Waals surface area (Å²) >= 11 is 0. The van der Waals surface area contributed by atoms with Crippen molar-refractivity contribution in [2.24, 2.45) is 5.92 Å². The molecule has 1 rings (SSSR count). The maximum atomic E-state index is 11.9. The number of carbonyl (C=O) groups is 1. The standard InChI is InChI=1S/C16H27N3O2/c1-6-19(5)14-9-7-8-13(10-14)18-15(20)17-11-16(4,21)12(2)3/h7-10,12,21H,6,11H2,1-5H3,(H2,17,18,20). The molecule has 0 saturated carbocycles. The van der Waals surface area contributed by atoms with Crippen LogP contribution >= 0.6 is 0 Å². The van der Waals surface area contributed by atoms with Gasteiger partial charge in [-0.1, -0.05) is 19.9 Å². The molecule has 0 spiro atoms. The topological polar surface area (TPSA) is 64.6 Å². The van der Waals surface area contributed by atoms with Gasteiger partial charge in [0.15, 0.2) is 0 Å². The van der Waals surface area contributed by atoms with Crippen molar-refractivity contribution in [2.45, 2.75) is 33.3 Å². The summed E-state index contributed by atoms with van der Waals surface area (Å²) in [5.74, 6) is 0.0688. The summed E-state index contributed by atoms with van der Waals surface area (Å²) in [5, 5.41) is 15.6. The van der Waals surface area contributed by atoms with Crippen LogP contribution < -0.4 is 15.5 Å². The maximum Gasteiger partial charge on any atom is 0.319 e. The van der Waals surface area contributed by atoms with Crippen LogP contribution in [-0.4, -0.2) is 36.9 Å². The first-order valence-electron chi connectivity index (χ1n) is 7.34. The zero-order chi connectivity index (χ0) is 16.0. The molecule has 5 nitrogen and oxygen atoms in total. The van der Waals surface area contributed by atoms with Crippen molar-refractivity contribution in [3.05, 3.63) is 24.3 Å². The molecule has 118 valence electrons. The van der Waals surface area contributed by atoms with Crippen LogP contribution in [-0.2, 0) is 0 Å². The third kappa shape index (κ3) is 5.27. The van der Waals surface area contributed by atoms with E-state index in [2.05, 4.69) is 22.5 Å². The molecule has 3 N–H and O–H groups in total. The predicted molar refractivity (Wildman–Crippen MR) is 87.9 cm³/mol. The Balaban J connectivity index is 2.59. The van der Waals surface area contributed by atoms with Gasteiger partial charge in [-0.25, -0.2) is 4.79 Å². The number of nitrogens with one attached hydrogen (secondary N) is 2. The lowest BCUT2D eigenvalue weighted by atomic mass is 9.93. The largest absolute Gasteiger partial charge is 0.388 e. The monoisotopic (exact) mass is 293 g/mol. The van der Waals surface area contributed by atoms with Crippen molar-refractivity contribution in [2.75, 3.05) is 30.4 Å². The molecule has 1 aromatic carbocycles. The second-order valence-corrected chi connectivity index (χ2v) is 5.88. The summed E-state index contributed by atoms with van der Waals surface area (Å²) in [6.45, 7) is 8.74. The lowest BCUT2D eigenvalue weighted by Crippen LogP contribution is -2.45.